The number of ether oxygens (including phenoxy) is 2. The molecule has 23 heavy (non-hydrogen) atoms. The number of aliphatic carboxylic acids is 1. The number of nitrogens with two attached hydrogens (primary N) is 1. The largest absolute Gasteiger partial charge is 0.493 e. The number of carbonyl (C=O) groups is 1. The molecule has 1 aliphatic heterocycles. The van der Waals surface area contributed by atoms with Crippen molar-refractivity contribution in [1.29, 1.82) is 0 Å². The molecule has 0 bridgehead atoms. The van der Waals surface area contributed by atoms with Crippen LogP contribution in [0.1, 0.15) is 5.56 Å². The quantitative estimate of drug-likeness (QED) is 0.865. The van der Waals surface area contributed by atoms with Gasteiger partial charge in [0.1, 0.15) is 23.7 Å². The van der Waals surface area contributed by atoms with Gasteiger partial charge >= 0.3 is 5.97 Å². The van der Waals surface area contributed by atoms with E-state index in [2.05, 4.69) is 0 Å². The number of hydrogen-bond donors (Lipinski definition) is 2. The van der Waals surface area contributed by atoms with E-state index in [9.17, 15) is 4.79 Å². The molecule has 3 atom stereocenters. The van der Waals surface area contributed by atoms with Gasteiger partial charge in [0.15, 0.2) is 0 Å². The Morgan fingerprint density at radius 2 is 2.26 bits per heavy atom. The normalized spacial score (nSPS) is 23.0. The van der Waals surface area contributed by atoms with Crippen LogP contribution in [0.4, 0.5) is 0 Å². The number of allylic oxidation sites excluding steroid dienone is 1. The predicted molar refractivity (Wildman–Crippen MR) is 86.1 cm³/mol. The Morgan fingerprint density at radius 1 is 1.43 bits per heavy atom. The molecule has 0 saturated heterocycles. The summed E-state index contributed by atoms with van der Waals surface area (Å²) in [7, 11) is 0. The highest BCUT2D eigenvalue weighted by molar-refractivity contribution is 6.32. The van der Waals surface area contributed by atoms with Gasteiger partial charge in [0.2, 0.25) is 0 Å². The minimum absolute atomic E-state index is 0.0580. The van der Waals surface area contributed by atoms with E-state index in [4.69, 9.17) is 31.9 Å². The molecule has 1 aromatic rings. The van der Waals surface area contributed by atoms with Gasteiger partial charge in [-0.05, 0) is 42.3 Å². The van der Waals surface area contributed by atoms with Crippen LogP contribution >= 0.6 is 11.6 Å². The lowest BCUT2D eigenvalue weighted by atomic mass is 9.98. The van der Waals surface area contributed by atoms with Gasteiger partial charge in [-0.3, -0.25) is 4.79 Å². The first kappa shape index (κ1) is 15.6. The standard InChI is InChI=1S/C17H16ClNO4/c18-13-4-1-10(7-14(19)17(20)21)8-16(13)23-12-3-2-11-5-6-22-15(11)9-12/h1-6,8-9,11,14-15H,7,19H2,(H,20,21). The van der Waals surface area contributed by atoms with E-state index in [1.807, 2.05) is 24.3 Å². The number of hydrogen-bond acceptors (Lipinski definition) is 4. The monoisotopic (exact) mass is 333 g/mol. The van der Waals surface area contributed by atoms with Gasteiger partial charge in [-0.25, -0.2) is 0 Å². The topological polar surface area (TPSA) is 81.8 Å². The van der Waals surface area contributed by atoms with Crippen molar-refractivity contribution >= 4 is 17.6 Å². The van der Waals surface area contributed by atoms with Crippen LogP contribution in [-0.2, 0) is 16.0 Å². The van der Waals surface area contributed by atoms with Gasteiger partial charge < -0.3 is 20.3 Å². The van der Waals surface area contributed by atoms with Gasteiger partial charge in [-0.2, -0.15) is 0 Å². The molecular formula is C17H16ClNO4. The molecule has 0 fully saturated rings. The van der Waals surface area contributed by atoms with Crippen LogP contribution in [0.15, 0.2) is 54.5 Å². The smallest absolute Gasteiger partial charge is 0.320 e. The minimum Gasteiger partial charge on any atom is -0.493 e. The van der Waals surface area contributed by atoms with Crippen molar-refractivity contribution in [1.82, 2.24) is 0 Å². The number of rotatable bonds is 5. The molecule has 0 saturated carbocycles. The van der Waals surface area contributed by atoms with Crippen LogP contribution in [0, 0.1) is 5.92 Å². The maximum absolute atomic E-state index is 10.9. The molecule has 0 aromatic heterocycles. The molecule has 0 spiro atoms. The fourth-order valence-corrected chi connectivity index (χ4v) is 2.62. The summed E-state index contributed by atoms with van der Waals surface area (Å²) in [4.78, 5) is 10.9. The summed E-state index contributed by atoms with van der Waals surface area (Å²) >= 11 is 6.16. The number of carboxylic acids is 1. The second-order valence-corrected chi connectivity index (χ2v) is 5.86. The summed E-state index contributed by atoms with van der Waals surface area (Å²) in [6, 6.07) is 4.16. The molecule has 120 valence electrons. The molecule has 0 radical (unpaired) electrons. The molecule has 5 nitrogen and oxygen atoms in total. The lowest BCUT2D eigenvalue weighted by Crippen LogP contribution is -2.32. The molecule has 0 amide bonds. The van der Waals surface area contributed by atoms with E-state index >= 15 is 0 Å². The third kappa shape index (κ3) is 3.57. The summed E-state index contributed by atoms with van der Waals surface area (Å²) in [5.41, 5.74) is 6.31. The zero-order valence-electron chi connectivity index (χ0n) is 12.2. The Balaban J connectivity index is 1.75. The zero-order valence-corrected chi connectivity index (χ0v) is 12.9. The molecule has 1 aliphatic carbocycles. The first-order valence-corrected chi connectivity index (χ1v) is 7.57. The van der Waals surface area contributed by atoms with Crippen molar-refractivity contribution in [2.45, 2.75) is 18.6 Å². The zero-order chi connectivity index (χ0) is 16.4. The van der Waals surface area contributed by atoms with Gasteiger partial charge in [-0.15, -0.1) is 0 Å². The predicted octanol–water partition coefficient (Wildman–Crippen LogP) is 2.66. The van der Waals surface area contributed by atoms with Crippen molar-refractivity contribution < 1.29 is 19.4 Å². The van der Waals surface area contributed by atoms with Crippen LogP contribution in [0.2, 0.25) is 5.02 Å². The van der Waals surface area contributed by atoms with Gasteiger partial charge in [0, 0.05) is 5.92 Å². The Hall–Kier alpha value is -2.24. The van der Waals surface area contributed by atoms with E-state index < -0.39 is 12.0 Å². The summed E-state index contributed by atoms with van der Waals surface area (Å²) in [6.07, 6.45) is 9.56. The van der Waals surface area contributed by atoms with E-state index in [1.165, 1.54) is 0 Å². The first-order chi connectivity index (χ1) is 11.0. The highest BCUT2D eigenvalue weighted by atomic mass is 35.5. The second-order valence-electron chi connectivity index (χ2n) is 5.45. The fourth-order valence-electron chi connectivity index (χ4n) is 2.46. The Bertz CT molecular complexity index is 711. The summed E-state index contributed by atoms with van der Waals surface area (Å²) in [5.74, 6) is 0.286. The number of halogens is 1. The van der Waals surface area contributed by atoms with Crippen molar-refractivity contribution in [3.8, 4) is 5.75 Å². The average Bonchev–Trinajstić information content (AvgIpc) is 2.98. The highest BCUT2D eigenvalue weighted by Crippen LogP contribution is 2.31. The van der Waals surface area contributed by atoms with Crippen molar-refractivity contribution in [3.05, 3.63) is 65.1 Å². The Labute approximate surface area is 138 Å². The maximum Gasteiger partial charge on any atom is 0.320 e. The van der Waals surface area contributed by atoms with Crippen LogP contribution in [0.3, 0.4) is 0 Å². The van der Waals surface area contributed by atoms with Crippen LogP contribution in [0.5, 0.6) is 5.75 Å². The van der Waals surface area contributed by atoms with Crippen LogP contribution < -0.4 is 10.5 Å². The van der Waals surface area contributed by atoms with Crippen LogP contribution in [-0.4, -0.2) is 23.2 Å². The Kier molecular flexibility index (Phi) is 4.41. The van der Waals surface area contributed by atoms with E-state index in [1.54, 1.807) is 24.5 Å². The van der Waals surface area contributed by atoms with Gasteiger partial charge in [0.25, 0.3) is 0 Å². The van der Waals surface area contributed by atoms with Crippen molar-refractivity contribution in [2.75, 3.05) is 0 Å². The third-order valence-corrected chi connectivity index (χ3v) is 4.04. The van der Waals surface area contributed by atoms with Crippen molar-refractivity contribution in [3.63, 3.8) is 0 Å². The third-order valence-electron chi connectivity index (χ3n) is 3.72. The lowest BCUT2D eigenvalue weighted by Gasteiger charge is -2.19. The molecular weight excluding hydrogens is 318 g/mol. The van der Waals surface area contributed by atoms with Gasteiger partial charge in [0.05, 0.1) is 11.3 Å². The number of carboxylic acid groups (broad SMARTS) is 1. The van der Waals surface area contributed by atoms with E-state index in [0.717, 1.165) is 5.56 Å². The Morgan fingerprint density at radius 3 is 3.04 bits per heavy atom. The second kappa shape index (κ2) is 6.48. The average molecular weight is 334 g/mol. The summed E-state index contributed by atoms with van der Waals surface area (Å²) in [6.45, 7) is 0. The summed E-state index contributed by atoms with van der Waals surface area (Å²) < 4.78 is 11.3. The van der Waals surface area contributed by atoms with Gasteiger partial charge in [-0.1, -0.05) is 23.7 Å². The molecule has 1 aromatic carbocycles. The molecule has 3 rings (SSSR count). The first-order valence-electron chi connectivity index (χ1n) is 7.20. The van der Waals surface area contributed by atoms with Crippen LogP contribution in [0.25, 0.3) is 0 Å². The molecule has 3 N–H and O–H groups in total. The minimum atomic E-state index is -1.04. The van der Waals surface area contributed by atoms with E-state index in [-0.39, 0.29) is 18.4 Å². The molecule has 6 heteroatoms. The molecule has 3 unspecified atom stereocenters. The number of benzene rings is 1. The molecule has 2 aliphatic rings. The lowest BCUT2D eigenvalue weighted by molar-refractivity contribution is -0.138. The number of fused-ring (bicyclic) bond motifs is 1. The summed E-state index contributed by atoms with van der Waals surface area (Å²) in [5, 5.41) is 9.34. The fraction of sp³-hybridized carbons (Fsp3) is 0.235. The maximum atomic E-state index is 10.9. The van der Waals surface area contributed by atoms with E-state index in [0.29, 0.717) is 16.5 Å². The highest BCUT2D eigenvalue weighted by Gasteiger charge is 2.24. The SMILES string of the molecule is NC(Cc1ccc(Cl)c(OC2=CC3OC=CC3C=C2)c1)C(=O)O. The van der Waals surface area contributed by atoms with Crippen molar-refractivity contribution in [2.24, 2.45) is 11.7 Å². The molecule has 1 heterocycles.